The van der Waals surface area contributed by atoms with Gasteiger partial charge in [0.1, 0.15) is 10.7 Å². The van der Waals surface area contributed by atoms with Crippen LogP contribution in [0, 0.1) is 6.92 Å². The van der Waals surface area contributed by atoms with Crippen molar-refractivity contribution >= 4 is 17.2 Å². The predicted octanol–water partition coefficient (Wildman–Crippen LogP) is 4.21. The maximum Gasteiger partial charge on any atom is 0.169 e. The second kappa shape index (κ2) is 7.09. The van der Waals surface area contributed by atoms with E-state index in [-0.39, 0.29) is 0 Å². The summed E-state index contributed by atoms with van der Waals surface area (Å²) in [6.07, 6.45) is 0.941. The van der Waals surface area contributed by atoms with E-state index in [1.165, 1.54) is 0 Å². The summed E-state index contributed by atoms with van der Waals surface area (Å²) in [5.41, 5.74) is 7.48. The zero-order valence-electron chi connectivity index (χ0n) is 12.3. The fraction of sp³-hybridized carbons (Fsp3) is 0.235. The molecule has 0 radical (unpaired) electrons. The molecular weight excluding hydrogens is 282 g/mol. The van der Waals surface area contributed by atoms with E-state index in [0.29, 0.717) is 23.1 Å². The summed E-state index contributed by atoms with van der Waals surface area (Å²) >= 11 is 5.09. The van der Waals surface area contributed by atoms with E-state index >= 15 is 0 Å². The Labute approximate surface area is 130 Å². The third-order valence-corrected chi connectivity index (χ3v) is 3.22. The SMILES string of the molecule is CCCOc1ccccc1Oc1c(C)cccc1C(N)=S. The van der Waals surface area contributed by atoms with E-state index < -0.39 is 0 Å². The van der Waals surface area contributed by atoms with Gasteiger partial charge in [-0.1, -0.05) is 43.4 Å². The first-order valence-electron chi connectivity index (χ1n) is 6.92. The van der Waals surface area contributed by atoms with Crippen LogP contribution in [0.2, 0.25) is 0 Å². The molecule has 0 saturated carbocycles. The molecule has 0 heterocycles. The molecule has 0 atom stereocenters. The van der Waals surface area contributed by atoms with Gasteiger partial charge in [0, 0.05) is 0 Å². The van der Waals surface area contributed by atoms with Gasteiger partial charge >= 0.3 is 0 Å². The molecule has 2 rings (SSSR count). The van der Waals surface area contributed by atoms with Crippen LogP contribution in [0.25, 0.3) is 0 Å². The van der Waals surface area contributed by atoms with Crippen LogP contribution in [0.3, 0.4) is 0 Å². The summed E-state index contributed by atoms with van der Waals surface area (Å²) in [5, 5.41) is 0. The zero-order valence-corrected chi connectivity index (χ0v) is 13.1. The number of hydrogen-bond acceptors (Lipinski definition) is 3. The third-order valence-electron chi connectivity index (χ3n) is 3.00. The van der Waals surface area contributed by atoms with Gasteiger partial charge in [-0.05, 0) is 37.1 Å². The molecule has 0 unspecified atom stereocenters. The van der Waals surface area contributed by atoms with Gasteiger partial charge in [-0.15, -0.1) is 0 Å². The van der Waals surface area contributed by atoms with E-state index in [2.05, 4.69) is 6.92 Å². The zero-order chi connectivity index (χ0) is 15.2. The van der Waals surface area contributed by atoms with Gasteiger partial charge in [-0.3, -0.25) is 0 Å². The Balaban J connectivity index is 2.37. The highest BCUT2D eigenvalue weighted by molar-refractivity contribution is 7.80. The monoisotopic (exact) mass is 301 g/mol. The predicted molar refractivity (Wildman–Crippen MR) is 89.4 cm³/mol. The maximum absolute atomic E-state index is 6.04. The summed E-state index contributed by atoms with van der Waals surface area (Å²) in [5.74, 6) is 2.06. The van der Waals surface area contributed by atoms with Gasteiger partial charge in [-0.2, -0.15) is 0 Å². The quantitative estimate of drug-likeness (QED) is 0.812. The molecule has 0 aliphatic carbocycles. The van der Waals surface area contributed by atoms with E-state index in [9.17, 15) is 0 Å². The lowest BCUT2D eigenvalue weighted by Gasteiger charge is -2.16. The van der Waals surface area contributed by atoms with Crippen molar-refractivity contribution < 1.29 is 9.47 Å². The molecule has 0 aliphatic heterocycles. The summed E-state index contributed by atoms with van der Waals surface area (Å²) in [7, 11) is 0. The van der Waals surface area contributed by atoms with Crippen molar-refractivity contribution in [2.24, 2.45) is 5.73 Å². The summed E-state index contributed by atoms with van der Waals surface area (Å²) in [6, 6.07) is 13.3. The summed E-state index contributed by atoms with van der Waals surface area (Å²) < 4.78 is 11.7. The summed E-state index contributed by atoms with van der Waals surface area (Å²) in [6.45, 7) is 4.68. The molecule has 21 heavy (non-hydrogen) atoms. The molecule has 0 fully saturated rings. The maximum atomic E-state index is 6.04. The van der Waals surface area contributed by atoms with Gasteiger partial charge in [0.05, 0.1) is 12.2 Å². The Morgan fingerprint density at radius 1 is 1.10 bits per heavy atom. The van der Waals surface area contributed by atoms with Crippen molar-refractivity contribution in [1.82, 2.24) is 0 Å². The number of hydrogen-bond donors (Lipinski definition) is 1. The Hall–Kier alpha value is -2.07. The molecule has 0 bridgehead atoms. The average molecular weight is 301 g/mol. The topological polar surface area (TPSA) is 44.5 Å². The first-order chi connectivity index (χ1) is 10.1. The Morgan fingerprint density at radius 3 is 2.48 bits per heavy atom. The van der Waals surface area contributed by atoms with Crippen molar-refractivity contribution in [2.75, 3.05) is 6.61 Å². The van der Waals surface area contributed by atoms with Crippen LogP contribution >= 0.6 is 12.2 Å². The van der Waals surface area contributed by atoms with E-state index in [1.807, 2.05) is 49.4 Å². The number of rotatable bonds is 6. The minimum atomic E-state index is 0.320. The van der Waals surface area contributed by atoms with Gasteiger partial charge < -0.3 is 15.2 Å². The highest BCUT2D eigenvalue weighted by Gasteiger charge is 2.13. The standard InChI is InChI=1S/C17H19NO2S/c1-3-11-19-14-9-4-5-10-15(14)20-16-12(2)7-6-8-13(16)17(18)21/h4-10H,3,11H2,1-2H3,(H2,18,21). The highest BCUT2D eigenvalue weighted by atomic mass is 32.1. The fourth-order valence-electron chi connectivity index (χ4n) is 1.96. The largest absolute Gasteiger partial charge is 0.490 e. The molecule has 4 heteroatoms. The van der Waals surface area contributed by atoms with Crippen molar-refractivity contribution in [3.05, 3.63) is 53.6 Å². The molecule has 0 spiro atoms. The Morgan fingerprint density at radius 2 is 1.81 bits per heavy atom. The van der Waals surface area contributed by atoms with Gasteiger partial charge in [-0.25, -0.2) is 0 Å². The van der Waals surface area contributed by atoms with Gasteiger partial charge in [0.2, 0.25) is 0 Å². The minimum Gasteiger partial charge on any atom is -0.490 e. The smallest absolute Gasteiger partial charge is 0.169 e. The first-order valence-corrected chi connectivity index (χ1v) is 7.33. The van der Waals surface area contributed by atoms with Crippen LogP contribution in [0.1, 0.15) is 24.5 Å². The highest BCUT2D eigenvalue weighted by Crippen LogP contribution is 2.34. The molecule has 3 nitrogen and oxygen atoms in total. The van der Waals surface area contributed by atoms with Crippen LogP contribution in [0.15, 0.2) is 42.5 Å². The lowest BCUT2D eigenvalue weighted by atomic mass is 10.1. The number of para-hydroxylation sites is 3. The van der Waals surface area contributed by atoms with E-state index in [1.54, 1.807) is 0 Å². The Bertz CT molecular complexity index is 640. The minimum absolute atomic E-state index is 0.320. The van der Waals surface area contributed by atoms with Crippen molar-refractivity contribution in [3.8, 4) is 17.2 Å². The van der Waals surface area contributed by atoms with Crippen LogP contribution in [0.5, 0.6) is 17.2 Å². The van der Waals surface area contributed by atoms with Crippen molar-refractivity contribution in [2.45, 2.75) is 20.3 Å². The second-order valence-corrected chi connectivity index (χ2v) is 5.15. The number of ether oxygens (including phenoxy) is 2. The molecule has 2 aromatic carbocycles. The van der Waals surface area contributed by atoms with Crippen molar-refractivity contribution in [3.63, 3.8) is 0 Å². The second-order valence-electron chi connectivity index (χ2n) is 4.71. The third kappa shape index (κ3) is 3.73. The molecule has 2 N–H and O–H groups in total. The molecular formula is C17H19NO2S. The lowest BCUT2D eigenvalue weighted by molar-refractivity contribution is 0.302. The number of nitrogens with two attached hydrogens (primary N) is 1. The lowest BCUT2D eigenvalue weighted by Crippen LogP contribution is -2.11. The van der Waals surface area contributed by atoms with Crippen molar-refractivity contribution in [1.29, 1.82) is 0 Å². The molecule has 0 amide bonds. The van der Waals surface area contributed by atoms with Gasteiger partial charge in [0.15, 0.2) is 11.5 Å². The molecule has 0 aliphatic rings. The fourth-order valence-corrected chi connectivity index (χ4v) is 2.12. The molecule has 110 valence electrons. The first kappa shape index (κ1) is 15.3. The normalized spacial score (nSPS) is 10.2. The number of benzene rings is 2. The van der Waals surface area contributed by atoms with Gasteiger partial charge in [0.25, 0.3) is 0 Å². The molecule has 0 saturated heterocycles. The van der Waals surface area contributed by atoms with Crippen LogP contribution in [-0.2, 0) is 0 Å². The number of aryl methyl sites for hydroxylation is 1. The summed E-state index contributed by atoms with van der Waals surface area (Å²) in [4.78, 5) is 0.320. The van der Waals surface area contributed by atoms with E-state index in [0.717, 1.165) is 23.3 Å². The van der Waals surface area contributed by atoms with Crippen LogP contribution in [0.4, 0.5) is 0 Å². The molecule has 0 aromatic heterocycles. The Kier molecular flexibility index (Phi) is 5.17. The molecule has 2 aromatic rings. The van der Waals surface area contributed by atoms with Crippen LogP contribution in [-0.4, -0.2) is 11.6 Å². The average Bonchev–Trinajstić information content (AvgIpc) is 2.48. The van der Waals surface area contributed by atoms with Crippen LogP contribution < -0.4 is 15.2 Å². The number of thiocarbonyl (C=S) groups is 1. The van der Waals surface area contributed by atoms with E-state index in [4.69, 9.17) is 27.4 Å².